The largest absolute Gasteiger partial charge is 0.480 e. The zero-order valence-corrected chi connectivity index (χ0v) is 13.4. The first kappa shape index (κ1) is 15.8. The molecule has 1 amide bonds. The summed E-state index contributed by atoms with van der Waals surface area (Å²) in [5.74, 6) is -1.52. The molecule has 8 heteroatoms. The second-order valence-electron chi connectivity index (χ2n) is 5.44. The minimum atomic E-state index is -1.16. The zero-order chi connectivity index (χ0) is 16.6. The lowest BCUT2D eigenvalue weighted by Gasteiger charge is -2.37. The SMILES string of the molecule is O=C(NC1(C(=O)O)CCC1)c1ccn(-c2ccc(Cl)c(Cl)c2)n1. The highest BCUT2D eigenvalue weighted by Crippen LogP contribution is 2.32. The number of halogens is 2. The molecule has 3 rings (SSSR count). The van der Waals surface area contributed by atoms with Gasteiger partial charge in [-0.15, -0.1) is 0 Å². The molecule has 0 atom stereocenters. The second-order valence-corrected chi connectivity index (χ2v) is 6.25. The van der Waals surface area contributed by atoms with Gasteiger partial charge in [0.15, 0.2) is 5.69 Å². The van der Waals surface area contributed by atoms with Gasteiger partial charge in [0.1, 0.15) is 5.54 Å². The molecule has 0 saturated heterocycles. The Bertz CT molecular complexity index is 784. The molecule has 0 bridgehead atoms. The molecule has 1 saturated carbocycles. The Balaban J connectivity index is 1.80. The molecule has 0 unspecified atom stereocenters. The maximum Gasteiger partial charge on any atom is 0.329 e. The molecule has 2 N–H and O–H groups in total. The van der Waals surface area contributed by atoms with E-state index in [1.54, 1.807) is 24.4 Å². The fourth-order valence-corrected chi connectivity index (χ4v) is 2.71. The summed E-state index contributed by atoms with van der Waals surface area (Å²) in [6, 6.07) is 6.50. The summed E-state index contributed by atoms with van der Waals surface area (Å²) in [5, 5.41) is 16.8. The number of carbonyl (C=O) groups is 2. The van der Waals surface area contributed by atoms with Crippen LogP contribution in [0, 0.1) is 0 Å². The maximum atomic E-state index is 12.2. The van der Waals surface area contributed by atoms with Crippen molar-refractivity contribution in [3.63, 3.8) is 0 Å². The van der Waals surface area contributed by atoms with Gasteiger partial charge in [0.25, 0.3) is 5.91 Å². The first-order valence-corrected chi connectivity index (χ1v) is 7.74. The smallest absolute Gasteiger partial charge is 0.329 e. The monoisotopic (exact) mass is 353 g/mol. The zero-order valence-electron chi connectivity index (χ0n) is 11.9. The summed E-state index contributed by atoms with van der Waals surface area (Å²) in [7, 11) is 0. The van der Waals surface area contributed by atoms with Crippen LogP contribution in [0.2, 0.25) is 10.0 Å². The predicted octanol–water partition coefficient (Wildman–Crippen LogP) is 2.92. The summed E-state index contributed by atoms with van der Waals surface area (Å²) < 4.78 is 1.48. The highest BCUT2D eigenvalue weighted by atomic mass is 35.5. The number of rotatable bonds is 4. The second kappa shape index (κ2) is 5.86. The lowest BCUT2D eigenvalue weighted by molar-refractivity contribution is -0.148. The van der Waals surface area contributed by atoms with Crippen molar-refractivity contribution in [2.75, 3.05) is 0 Å². The van der Waals surface area contributed by atoms with Crippen LogP contribution in [0.5, 0.6) is 0 Å². The van der Waals surface area contributed by atoms with E-state index in [2.05, 4.69) is 10.4 Å². The van der Waals surface area contributed by atoms with Gasteiger partial charge in [-0.25, -0.2) is 9.48 Å². The summed E-state index contributed by atoms with van der Waals surface area (Å²) in [4.78, 5) is 23.5. The van der Waals surface area contributed by atoms with E-state index in [-0.39, 0.29) is 5.69 Å². The molecule has 1 fully saturated rings. The Morgan fingerprint density at radius 2 is 1.96 bits per heavy atom. The molecule has 0 aliphatic heterocycles. The quantitative estimate of drug-likeness (QED) is 0.884. The van der Waals surface area contributed by atoms with E-state index < -0.39 is 17.4 Å². The minimum Gasteiger partial charge on any atom is -0.480 e. The third-order valence-corrected chi connectivity index (χ3v) is 4.70. The third-order valence-electron chi connectivity index (χ3n) is 3.96. The molecule has 1 heterocycles. The molecule has 1 aromatic heterocycles. The topological polar surface area (TPSA) is 84.2 Å². The van der Waals surface area contributed by atoms with E-state index in [1.165, 1.54) is 10.7 Å². The van der Waals surface area contributed by atoms with Crippen LogP contribution < -0.4 is 5.32 Å². The number of carbonyl (C=O) groups excluding carboxylic acids is 1. The van der Waals surface area contributed by atoms with Gasteiger partial charge >= 0.3 is 5.97 Å². The van der Waals surface area contributed by atoms with E-state index in [1.807, 2.05) is 0 Å². The average molecular weight is 354 g/mol. The molecule has 120 valence electrons. The highest BCUT2D eigenvalue weighted by Gasteiger charge is 2.46. The Kier molecular flexibility index (Phi) is 4.04. The molecule has 1 aromatic carbocycles. The Labute approximate surface area is 142 Å². The van der Waals surface area contributed by atoms with Crippen LogP contribution >= 0.6 is 23.2 Å². The lowest BCUT2D eigenvalue weighted by atomic mass is 9.76. The molecule has 1 aliphatic carbocycles. The van der Waals surface area contributed by atoms with Gasteiger partial charge in [-0.05, 0) is 43.5 Å². The molecule has 6 nitrogen and oxygen atoms in total. The van der Waals surface area contributed by atoms with E-state index in [9.17, 15) is 14.7 Å². The predicted molar refractivity (Wildman–Crippen MR) is 85.3 cm³/mol. The molecule has 2 aromatic rings. The van der Waals surface area contributed by atoms with Crippen molar-refractivity contribution in [2.24, 2.45) is 0 Å². The fourth-order valence-electron chi connectivity index (χ4n) is 2.42. The molecule has 0 spiro atoms. The highest BCUT2D eigenvalue weighted by molar-refractivity contribution is 6.42. The van der Waals surface area contributed by atoms with Crippen LogP contribution in [0.1, 0.15) is 29.8 Å². The normalized spacial score (nSPS) is 15.7. The van der Waals surface area contributed by atoms with Crippen LogP contribution in [0.3, 0.4) is 0 Å². The minimum absolute atomic E-state index is 0.142. The van der Waals surface area contributed by atoms with Crippen LogP contribution in [-0.4, -0.2) is 32.3 Å². The number of nitrogens with zero attached hydrogens (tertiary/aromatic N) is 2. The summed E-state index contributed by atoms with van der Waals surface area (Å²) in [6.07, 6.45) is 3.25. The number of carboxylic acid groups (broad SMARTS) is 1. The van der Waals surface area contributed by atoms with Gasteiger partial charge in [0, 0.05) is 6.20 Å². The first-order valence-electron chi connectivity index (χ1n) is 6.98. The molecule has 1 aliphatic rings. The van der Waals surface area contributed by atoms with Gasteiger partial charge in [-0.2, -0.15) is 5.10 Å². The first-order chi connectivity index (χ1) is 10.9. The molecular weight excluding hydrogens is 341 g/mol. The van der Waals surface area contributed by atoms with Crippen molar-refractivity contribution < 1.29 is 14.7 Å². The van der Waals surface area contributed by atoms with Gasteiger partial charge in [0.05, 0.1) is 15.7 Å². The van der Waals surface area contributed by atoms with Gasteiger partial charge < -0.3 is 10.4 Å². The van der Waals surface area contributed by atoms with Crippen LogP contribution in [-0.2, 0) is 4.79 Å². The third kappa shape index (κ3) is 2.92. The number of carboxylic acids is 1. The van der Waals surface area contributed by atoms with Crippen molar-refractivity contribution >= 4 is 35.1 Å². The summed E-state index contributed by atoms with van der Waals surface area (Å²) >= 11 is 11.8. The number of hydrogen-bond donors (Lipinski definition) is 2. The number of aliphatic carboxylic acids is 1. The van der Waals surface area contributed by atoms with E-state index in [0.29, 0.717) is 28.6 Å². The average Bonchev–Trinajstić information content (AvgIpc) is 2.95. The summed E-state index contributed by atoms with van der Waals surface area (Å²) in [6.45, 7) is 0. The standard InChI is InChI=1S/C15H13Cl2N3O3/c16-10-3-2-9(8-11(10)17)20-7-4-12(19-20)13(21)18-15(14(22)23)5-1-6-15/h2-4,7-8H,1,5-6H2,(H,18,21)(H,22,23). The number of hydrogen-bond acceptors (Lipinski definition) is 3. The Morgan fingerprint density at radius 3 is 2.52 bits per heavy atom. The Hall–Kier alpha value is -2.05. The lowest BCUT2D eigenvalue weighted by Crippen LogP contribution is -2.59. The number of nitrogens with one attached hydrogen (secondary N) is 1. The van der Waals surface area contributed by atoms with Crippen molar-refractivity contribution in [2.45, 2.75) is 24.8 Å². The van der Waals surface area contributed by atoms with E-state index in [4.69, 9.17) is 23.2 Å². The number of aromatic nitrogens is 2. The Morgan fingerprint density at radius 1 is 1.22 bits per heavy atom. The fraction of sp³-hybridized carbons (Fsp3) is 0.267. The van der Waals surface area contributed by atoms with Crippen LogP contribution in [0.4, 0.5) is 0 Å². The van der Waals surface area contributed by atoms with Crippen molar-refractivity contribution in [1.29, 1.82) is 0 Å². The molecule has 0 radical (unpaired) electrons. The van der Waals surface area contributed by atoms with Gasteiger partial charge in [-0.1, -0.05) is 23.2 Å². The molecule has 23 heavy (non-hydrogen) atoms. The number of benzene rings is 1. The van der Waals surface area contributed by atoms with Crippen molar-refractivity contribution in [3.8, 4) is 5.69 Å². The van der Waals surface area contributed by atoms with E-state index in [0.717, 1.165) is 6.42 Å². The van der Waals surface area contributed by atoms with E-state index >= 15 is 0 Å². The van der Waals surface area contributed by atoms with Crippen molar-refractivity contribution in [1.82, 2.24) is 15.1 Å². The number of amides is 1. The summed E-state index contributed by atoms with van der Waals surface area (Å²) in [5.41, 5.74) is -0.372. The van der Waals surface area contributed by atoms with Crippen LogP contribution in [0.25, 0.3) is 5.69 Å². The van der Waals surface area contributed by atoms with Gasteiger partial charge in [-0.3, -0.25) is 4.79 Å². The molecular formula is C15H13Cl2N3O3. The maximum absolute atomic E-state index is 12.2. The van der Waals surface area contributed by atoms with Crippen molar-refractivity contribution in [3.05, 3.63) is 46.2 Å². The van der Waals surface area contributed by atoms with Gasteiger partial charge in [0.2, 0.25) is 0 Å². The van der Waals surface area contributed by atoms with Crippen LogP contribution in [0.15, 0.2) is 30.5 Å².